The second-order valence-corrected chi connectivity index (χ2v) is 5.77. The summed E-state index contributed by atoms with van der Waals surface area (Å²) >= 11 is 0. The Morgan fingerprint density at radius 2 is 2.15 bits per heavy atom. The van der Waals surface area contributed by atoms with Gasteiger partial charge in [-0.1, -0.05) is 6.07 Å². The largest absolute Gasteiger partial charge is 0.415 e. The number of H-pyrrole nitrogens is 1. The van der Waals surface area contributed by atoms with Crippen LogP contribution in [0.25, 0.3) is 11.2 Å². The minimum Gasteiger partial charge on any atom is -0.415 e. The van der Waals surface area contributed by atoms with Gasteiger partial charge in [0.2, 0.25) is 5.88 Å². The van der Waals surface area contributed by atoms with Crippen LogP contribution in [-0.4, -0.2) is 36.3 Å². The Labute approximate surface area is 152 Å². The van der Waals surface area contributed by atoms with E-state index in [1.165, 1.54) is 6.07 Å². The molecule has 8 nitrogen and oxygen atoms in total. The van der Waals surface area contributed by atoms with E-state index in [-0.39, 0.29) is 11.9 Å². The third-order valence-corrected chi connectivity index (χ3v) is 4.03. The number of hydrogen-bond acceptors (Lipinski definition) is 6. The third kappa shape index (κ3) is 3.54. The van der Waals surface area contributed by atoms with E-state index >= 15 is 0 Å². The van der Waals surface area contributed by atoms with Gasteiger partial charge in [0.1, 0.15) is 11.3 Å². The van der Waals surface area contributed by atoms with Crippen molar-refractivity contribution in [3.63, 3.8) is 0 Å². The van der Waals surface area contributed by atoms with Gasteiger partial charge in [-0.05, 0) is 24.6 Å². The minimum atomic E-state index is -2.94. The summed E-state index contributed by atoms with van der Waals surface area (Å²) in [5.74, 6) is 0.584. The van der Waals surface area contributed by atoms with E-state index in [1.54, 1.807) is 18.6 Å². The number of fused-ring (bicyclic) bond motifs is 1. The zero-order chi connectivity index (χ0) is 18.8. The number of nitrogens with zero attached hydrogens (tertiary/aromatic N) is 5. The maximum atomic E-state index is 12.2. The molecule has 0 bridgehead atoms. The van der Waals surface area contributed by atoms with Gasteiger partial charge in [0, 0.05) is 24.7 Å². The molecule has 0 aromatic carbocycles. The normalized spacial score (nSPS) is 12.4. The fraction of sp³-hybridized carbons (Fsp3) is 0.176. The van der Waals surface area contributed by atoms with E-state index in [9.17, 15) is 8.78 Å². The molecule has 0 unspecified atom stereocenters. The van der Waals surface area contributed by atoms with Crippen LogP contribution in [0.1, 0.15) is 18.5 Å². The van der Waals surface area contributed by atoms with Crippen LogP contribution >= 0.6 is 0 Å². The monoisotopic (exact) mass is 371 g/mol. The fourth-order valence-electron chi connectivity index (χ4n) is 2.73. The zero-order valence-corrected chi connectivity index (χ0v) is 14.2. The highest BCUT2D eigenvalue weighted by Crippen LogP contribution is 2.24. The Hall–Kier alpha value is -3.56. The van der Waals surface area contributed by atoms with E-state index in [0.29, 0.717) is 17.3 Å². The number of nitrogens with one attached hydrogen (secondary N) is 2. The quantitative estimate of drug-likeness (QED) is 0.539. The molecule has 4 aromatic rings. The molecular formula is C17H15F2N7O. The van der Waals surface area contributed by atoms with Crippen LogP contribution in [0.2, 0.25) is 0 Å². The van der Waals surface area contributed by atoms with E-state index in [0.717, 1.165) is 11.1 Å². The summed E-state index contributed by atoms with van der Waals surface area (Å²) < 4.78 is 30.7. The highest BCUT2D eigenvalue weighted by Gasteiger charge is 2.14. The molecule has 4 heterocycles. The number of pyridine rings is 1. The highest BCUT2D eigenvalue weighted by molar-refractivity contribution is 5.74. The lowest BCUT2D eigenvalue weighted by atomic mass is 10.1. The Morgan fingerprint density at radius 1 is 1.26 bits per heavy atom. The Balaban J connectivity index is 1.61. The number of ether oxygens (including phenoxy) is 1. The van der Waals surface area contributed by atoms with Crippen molar-refractivity contribution in [2.75, 3.05) is 5.32 Å². The molecule has 0 aliphatic rings. The number of aromatic amines is 1. The van der Waals surface area contributed by atoms with Gasteiger partial charge >= 0.3 is 6.61 Å². The summed E-state index contributed by atoms with van der Waals surface area (Å²) in [5.41, 5.74) is 2.46. The molecule has 0 aliphatic carbocycles. The first-order chi connectivity index (χ1) is 13.1. The number of alkyl halides is 2. The Morgan fingerprint density at radius 3 is 2.93 bits per heavy atom. The first-order valence-corrected chi connectivity index (χ1v) is 8.11. The standard InChI is InChI=1S/C17H15F2N7O/c1-10(11-3-2-5-20-8-11)26-6-4-12-16(26)23-14(9-21-12)22-13-7-15(25-24-13)27-17(18)19/h2-10,17H,1H3,(H2,22,23,24,25)/t10-/m0/s1. The topological polar surface area (TPSA) is 93.5 Å². The third-order valence-electron chi connectivity index (χ3n) is 4.03. The zero-order valence-electron chi connectivity index (χ0n) is 14.2. The molecule has 0 aliphatic heterocycles. The molecule has 10 heteroatoms. The maximum Gasteiger partial charge on any atom is 0.388 e. The molecule has 0 amide bonds. The summed E-state index contributed by atoms with van der Waals surface area (Å²) in [6.45, 7) is -0.893. The van der Waals surface area contributed by atoms with Crippen molar-refractivity contribution in [3.05, 3.63) is 54.6 Å². The van der Waals surface area contributed by atoms with Crippen LogP contribution in [0.3, 0.4) is 0 Å². The number of hydrogen-bond donors (Lipinski definition) is 2. The molecule has 138 valence electrons. The van der Waals surface area contributed by atoms with Crippen molar-refractivity contribution in [2.24, 2.45) is 0 Å². The predicted octanol–water partition coefficient (Wildman–Crippen LogP) is 3.50. The van der Waals surface area contributed by atoms with Gasteiger partial charge < -0.3 is 14.6 Å². The van der Waals surface area contributed by atoms with Gasteiger partial charge in [0.25, 0.3) is 0 Å². The highest BCUT2D eigenvalue weighted by atomic mass is 19.3. The lowest BCUT2D eigenvalue weighted by Crippen LogP contribution is -2.07. The number of rotatable bonds is 6. The van der Waals surface area contributed by atoms with Gasteiger partial charge in [-0.25, -0.2) is 9.97 Å². The first-order valence-electron chi connectivity index (χ1n) is 8.11. The molecule has 1 atom stereocenters. The van der Waals surface area contributed by atoms with Crippen LogP contribution in [-0.2, 0) is 0 Å². The lowest BCUT2D eigenvalue weighted by molar-refractivity contribution is -0.0528. The predicted molar refractivity (Wildman–Crippen MR) is 94.1 cm³/mol. The fourth-order valence-corrected chi connectivity index (χ4v) is 2.73. The van der Waals surface area contributed by atoms with Gasteiger partial charge in [-0.2, -0.15) is 8.78 Å². The summed E-state index contributed by atoms with van der Waals surface area (Å²) in [6, 6.07) is 7.08. The first kappa shape index (κ1) is 16.9. The van der Waals surface area contributed by atoms with Crippen molar-refractivity contribution in [2.45, 2.75) is 19.6 Å². The summed E-state index contributed by atoms with van der Waals surface area (Å²) in [6.07, 6.45) is 7.00. The summed E-state index contributed by atoms with van der Waals surface area (Å²) in [4.78, 5) is 13.1. The molecule has 0 spiro atoms. The second kappa shape index (κ2) is 6.98. The molecule has 27 heavy (non-hydrogen) atoms. The molecular weight excluding hydrogens is 356 g/mol. The molecule has 0 fully saturated rings. The number of anilines is 2. The molecule has 0 radical (unpaired) electrons. The van der Waals surface area contributed by atoms with Gasteiger partial charge in [0.15, 0.2) is 11.5 Å². The van der Waals surface area contributed by atoms with Crippen LogP contribution in [0.15, 0.2) is 49.1 Å². The van der Waals surface area contributed by atoms with Crippen LogP contribution in [0, 0.1) is 0 Å². The summed E-state index contributed by atoms with van der Waals surface area (Å²) in [5, 5.41) is 9.15. The van der Waals surface area contributed by atoms with Crippen LogP contribution in [0.4, 0.5) is 20.4 Å². The van der Waals surface area contributed by atoms with E-state index in [4.69, 9.17) is 0 Å². The van der Waals surface area contributed by atoms with Crippen molar-refractivity contribution in [1.82, 2.24) is 29.7 Å². The number of halogens is 2. The van der Waals surface area contributed by atoms with Crippen LogP contribution in [0.5, 0.6) is 5.88 Å². The number of aromatic nitrogens is 6. The average Bonchev–Trinajstić information content (AvgIpc) is 3.28. The van der Waals surface area contributed by atoms with E-state index in [1.807, 2.05) is 35.9 Å². The van der Waals surface area contributed by atoms with Crippen molar-refractivity contribution >= 4 is 22.8 Å². The molecule has 0 saturated carbocycles. The van der Waals surface area contributed by atoms with Gasteiger partial charge in [-0.3, -0.25) is 10.1 Å². The molecule has 4 rings (SSSR count). The lowest BCUT2D eigenvalue weighted by Gasteiger charge is -2.15. The van der Waals surface area contributed by atoms with Crippen molar-refractivity contribution in [3.8, 4) is 5.88 Å². The van der Waals surface area contributed by atoms with Gasteiger partial charge in [-0.15, -0.1) is 5.10 Å². The SMILES string of the molecule is C[C@@H](c1cccnc1)n1ccc2ncc(Nc3cc(OC(F)F)n[nH]3)nc21. The minimum absolute atomic E-state index is 0.0129. The van der Waals surface area contributed by atoms with E-state index < -0.39 is 6.61 Å². The maximum absolute atomic E-state index is 12.2. The van der Waals surface area contributed by atoms with Crippen molar-refractivity contribution in [1.29, 1.82) is 0 Å². The van der Waals surface area contributed by atoms with E-state index in [2.05, 4.69) is 35.2 Å². The average molecular weight is 371 g/mol. The molecule has 0 saturated heterocycles. The summed E-state index contributed by atoms with van der Waals surface area (Å²) in [7, 11) is 0. The molecule has 2 N–H and O–H groups in total. The second-order valence-electron chi connectivity index (χ2n) is 5.77. The Kier molecular flexibility index (Phi) is 4.37. The smallest absolute Gasteiger partial charge is 0.388 e. The van der Waals surface area contributed by atoms with Crippen molar-refractivity contribution < 1.29 is 13.5 Å². The molecule has 4 aromatic heterocycles. The van der Waals surface area contributed by atoms with Crippen LogP contribution < -0.4 is 10.1 Å². The van der Waals surface area contributed by atoms with Gasteiger partial charge in [0.05, 0.1) is 12.2 Å². The Bertz CT molecular complexity index is 1050.